The minimum Gasteiger partial charge on any atom is -0.211 e. The van der Waals surface area contributed by atoms with Crippen molar-refractivity contribution in [3.05, 3.63) is 29.3 Å². The van der Waals surface area contributed by atoms with Gasteiger partial charge < -0.3 is 0 Å². The van der Waals surface area contributed by atoms with Crippen molar-refractivity contribution in [3.63, 3.8) is 0 Å². The number of unbranched alkanes of at least 4 members (excludes halogenated alkanes) is 1. The van der Waals surface area contributed by atoms with E-state index in [9.17, 15) is 8.42 Å². The van der Waals surface area contributed by atoms with Gasteiger partial charge in [-0.25, -0.2) is 13.1 Å². The number of hydrogen-bond donors (Lipinski definition) is 1. The van der Waals surface area contributed by atoms with E-state index in [0.29, 0.717) is 24.4 Å². The van der Waals surface area contributed by atoms with Gasteiger partial charge in [-0.2, -0.15) is 0 Å². The van der Waals surface area contributed by atoms with E-state index in [-0.39, 0.29) is 4.90 Å². The summed E-state index contributed by atoms with van der Waals surface area (Å²) in [6.07, 6.45) is 6.24. The predicted molar refractivity (Wildman–Crippen MR) is 64.7 cm³/mol. The smallest absolute Gasteiger partial charge is 0.211 e. The molecule has 0 unspecified atom stereocenters. The molecule has 0 radical (unpaired) electrons. The summed E-state index contributed by atoms with van der Waals surface area (Å²) in [6, 6.07) is 6.12. The second-order valence-electron chi connectivity index (χ2n) is 3.16. The molecule has 0 bridgehead atoms. The molecule has 0 fully saturated rings. The molecule has 16 heavy (non-hydrogen) atoms. The summed E-state index contributed by atoms with van der Waals surface area (Å²) in [7, 11) is -3.47. The lowest BCUT2D eigenvalue weighted by atomic mass is 10.3. The second kappa shape index (κ2) is 5.90. The van der Waals surface area contributed by atoms with Crippen LogP contribution >= 0.6 is 11.6 Å². The maximum atomic E-state index is 11.7. The highest BCUT2D eigenvalue weighted by molar-refractivity contribution is 7.89. The average Bonchev–Trinajstić information content (AvgIpc) is 2.24. The largest absolute Gasteiger partial charge is 0.240 e. The van der Waals surface area contributed by atoms with Crippen molar-refractivity contribution >= 4 is 21.6 Å². The predicted octanol–water partition coefficient (Wildman–Crippen LogP) is 2.03. The SMILES string of the molecule is C#CCCCNS(=O)(=O)c1cccc(Cl)c1. The maximum Gasteiger partial charge on any atom is 0.240 e. The van der Waals surface area contributed by atoms with E-state index >= 15 is 0 Å². The first-order valence-electron chi connectivity index (χ1n) is 4.75. The third-order valence-corrected chi connectivity index (χ3v) is 3.59. The van der Waals surface area contributed by atoms with Gasteiger partial charge in [0.15, 0.2) is 0 Å². The van der Waals surface area contributed by atoms with Crippen LogP contribution in [0.2, 0.25) is 5.02 Å². The first-order valence-corrected chi connectivity index (χ1v) is 6.61. The topological polar surface area (TPSA) is 46.2 Å². The van der Waals surface area contributed by atoms with Crippen molar-refractivity contribution in [1.82, 2.24) is 4.72 Å². The Labute approximate surface area is 101 Å². The Balaban J connectivity index is 2.68. The molecule has 0 heterocycles. The fraction of sp³-hybridized carbons (Fsp3) is 0.273. The molecule has 0 aliphatic rings. The van der Waals surface area contributed by atoms with Crippen LogP contribution in [0.5, 0.6) is 0 Å². The van der Waals surface area contributed by atoms with Gasteiger partial charge in [0.2, 0.25) is 10.0 Å². The first-order chi connectivity index (χ1) is 7.56. The number of hydrogen-bond acceptors (Lipinski definition) is 2. The number of benzene rings is 1. The molecule has 3 nitrogen and oxygen atoms in total. The summed E-state index contributed by atoms with van der Waals surface area (Å²) >= 11 is 5.72. The highest BCUT2D eigenvalue weighted by Gasteiger charge is 2.12. The molecule has 0 atom stereocenters. The van der Waals surface area contributed by atoms with Crippen molar-refractivity contribution in [3.8, 4) is 12.3 Å². The van der Waals surface area contributed by atoms with E-state index in [0.717, 1.165) is 0 Å². The summed E-state index contributed by atoms with van der Waals surface area (Å²) in [6.45, 7) is 0.332. The Bertz CT molecular complexity index is 491. The molecule has 1 aromatic carbocycles. The molecule has 0 amide bonds. The molecular weight excluding hydrogens is 246 g/mol. The van der Waals surface area contributed by atoms with E-state index in [4.69, 9.17) is 18.0 Å². The van der Waals surface area contributed by atoms with Gasteiger partial charge in [-0.1, -0.05) is 17.7 Å². The Morgan fingerprint density at radius 1 is 1.44 bits per heavy atom. The molecule has 86 valence electrons. The number of halogens is 1. The van der Waals surface area contributed by atoms with E-state index < -0.39 is 10.0 Å². The molecule has 0 aliphatic carbocycles. The van der Waals surface area contributed by atoms with E-state index in [2.05, 4.69) is 10.6 Å². The number of sulfonamides is 1. The monoisotopic (exact) mass is 257 g/mol. The van der Waals surface area contributed by atoms with Gasteiger partial charge in [0, 0.05) is 18.0 Å². The third-order valence-electron chi connectivity index (χ3n) is 1.90. The zero-order valence-corrected chi connectivity index (χ0v) is 10.2. The fourth-order valence-electron chi connectivity index (χ4n) is 1.11. The lowest BCUT2D eigenvalue weighted by molar-refractivity contribution is 0.579. The number of nitrogens with one attached hydrogen (secondary N) is 1. The summed E-state index contributed by atoms with van der Waals surface area (Å²) in [5.41, 5.74) is 0. The van der Waals surface area contributed by atoms with Crippen LogP contribution in [0.4, 0.5) is 0 Å². The Morgan fingerprint density at radius 3 is 2.81 bits per heavy atom. The van der Waals surface area contributed by atoms with Crippen molar-refractivity contribution in [2.75, 3.05) is 6.54 Å². The summed E-state index contributed by atoms with van der Waals surface area (Å²) in [5.74, 6) is 2.45. The van der Waals surface area contributed by atoms with Crippen LogP contribution in [0, 0.1) is 12.3 Å². The highest BCUT2D eigenvalue weighted by Crippen LogP contribution is 2.14. The van der Waals surface area contributed by atoms with Crippen molar-refractivity contribution < 1.29 is 8.42 Å². The van der Waals surface area contributed by atoms with Crippen molar-refractivity contribution in [2.24, 2.45) is 0 Å². The minimum absolute atomic E-state index is 0.167. The number of terminal acetylenes is 1. The molecule has 1 rings (SSSR count). The second-order valence-corrected chi connectivity index (χ2v) is 5.37. The molecule has 0 saturated heterocycles. The zero-order valence-electron chi connectivity index (χ0n) is 8.61. The summed E-state index contributed by atoms with van der Waals surface area (Å²) in [5, 5.41) is 0.395. The maximum absolute atomic E-state index is 11.7. The molecule has 0 aromatic heterocycles. The normalized spacial score (nSPS) is 11.0. The third kappa shape index (κ3) is 3.86. The van der Waals surface area contributed by atoms with Crippen molar-refractivity contribution in [1.29, 1.82) is 0 Å². The first kappa shape index (κ1) is 13.0. The van der Waals surface area contributed by atoms with Gasteiger partial charge in [0.1, 0.15) is 0 Å². The van der Waals surface area contributed by atoms with Gasteiger partial charge in [-0.05, 0) is 24.6 Å². The number of rotatable bonds is 5. The van der Waals surface area contributed by atoms with Crippen LogP contribution < -0.4 is 4.72 Å². The Kier molecular flexibility index (Phi) is 4.81. The lowest BCUT2D eigenvalue weighted by Crippen LogP contribution is -2.24. The van der Waals surface area contributed by atoms with Gasteiger partial charge in [-0.3, -0.25) is 0 Å². The Hall–Kier alpha value is -1.02. The van der Waals surface area contributed by atoms with E-state index in [1.54, 1.807) is 12.1 Å². The molecule has 1 aromatic rings. The molecular formula is C11H12ClNO2S. The van der Waals surface area contributed by atoms with Crippen LogP contribution in [0.3, 0.4) is 0 Å². The van der Waals surface area contributed by atoms with Crippen LogP contribution in [0.25, 0.3) is 0 Å². The van der Waals surface area contributed by atoms with Gasteiger partial charge in [0.05, 0.1) is 4.90 Å². The van der Waals surface area contributed by atoms with Gasteiger partial charge in [-0.15, -0.1) is 12.3 Å². The zero-order chi connectivity index (χ0) is 12.0. The minimum atomic E-state index is -3.47. The molecule has 0 saturated carbocycles. The van der Waals surface area contributed by atoms with Gasteiger partial charge >= 0.3 is 0 Å². The molecule has 1 N–H and O–H groups in total. The van der Waals surface area contributed by atoms with Crippen LogP contribution in [-0.2, 0) is 10.0 Å². The van der Waals surface area contributed by atoms with Crippen LogP contribution in [-0.4, -0.2) is 15.0 Å². The summed E-state index contributed by atoms with van der Waals surface area (Å²) < 4.78 is 25.9. The van der Waals surface area contributed by atoms with E-state index in [1.807, 2.05) is 0 Å². The molecule has 0 spiro atoms. The molecule has 5 heteroatoms. The van der Waals surface area contributed by atoms with Crippen LogP contribution in [0.1, 0.15) is 12.8 Å². The van der Waals surface area contributed by atoms with Crippen molar-refractivity contribution in [2.45, 2.75) is 17.7 Å². The standard InChI is InChI=1S/C11H12ClNO2S/c1-2-3-4-8-13-16(14,15)11-7-5-6-10(12)9-11/h1,5-7,9,13H,3-4,8H2. The highest BCUT2D eigenvalue weighted by atomic mass is 35.5. The Morgan fingerprint density at radius 2 is 2.19 bits per heavy atom. The molecule has 0 aliphatic heterocycles. The summed E-state index contributed by atoms with van der Waals surface area (Å²) in [4.78, 5) is 0.167. The van der Waals surface area contributed by atoms with Crippen LogP contribution in [0.15, 0.2) is 29.2 Å². The van der Waals surface area contributed by atoms with E-state index in [1.165, 1.54) is 12.1 Å². The van der Waals surface area contributed by atoms with Gasteiger partial charge in [0.25, 0.3) is 0 Å². The lowest BCUT2D eigenvalue weighted by Gasteiger charge is -2.05. The quantitative estimate of drug-likeness (QED) is 0.648. The fourth-order valence-corrected chi connectivity index (χ4v) is 2.49. The average molecular weight is 258 g/mol.